The summed E-state index contributed by atoms with van der Waals surface area (Å²) in [6.45, 7) is 6.51. The Balaban J connectivity index is 0.000000232. The molecule has 162 valence electrons. The van der Waals surface area contributed by atoms with Crippen LogP contribution in [0.15, 0.2) is 66.9 Å². The van der Waals surface area contributed by atoms with E-state index in [1.165, 1.54) is 12.1 Å². The van der Waals surface area contributed by atoms with Crippen LogP contribution in [0.1, 0.15) is 37.3 Å². The topological polar surface area (TPSA) is 41.9 Å². The fraction of sp³-hybridized carbons (Fsp3) is 0.385. The van der Waals surface area contributed by atoms with Gasteiger partial charge in [0, 0.05) is 25.4 Å². The number of ether oxygens (including phenoxy) is 2. The normalized spacial score (nSPS) is 17.8. The Morgan fingerprint density at radius 1 is 1.10 bits per heavy atom. The molecule has 30 heavy (non-hydrogen) atoms. The van der Waals surface area contributed by atoms with Gasteiger partial charge in [0.1, 0.15) is 6.61 Å². The molecule has 4 nitrogen and oxygen atoms in total. The Morgan fingerprint density at radius 2 is 1.83 bits per heavy atom. The minimum Gasteiger partial charge on any atom is -0.493 e. The van der Waals surface area contributed by atoms with Crippen LogP contribution in [0.2, 0.25) is 0 Å². The van der Waals surface area contributed by atoms with E-state index in [-0.39, 0.29) is 6.10 Å². The molecule has 2 unspecified atom stereocenters. The van der Waals surface area contributed by atoms with Gasteiger partial charge in [-0.05, 0) is 42.9 Å². The van der Waals surface area contributed by atoms with Crippen LogP contribution in [0.3, 0.4) is 0 Å². The number of rotatable bonds is 7. The number of methoxy groups -OCH3 is 1. The Bertz CT molecular complexity index is 814. The van der Waals surface area contributed by atoms with Crippen LogP contribution in [0, 0.1) is 5.92 Å². The van der Waals surface area contributed by atoms with Gasteiger partial charge in [0.15, 0.2) is 11.5 Å². The van der Waals surface area contributed by atoms with Gasteiger partial charge in [-0.2, -0.15) is 0 Å². The smallest absolute Gasteiger partial charge is 0.168 e. The van der Waals surface area contributed by atoms with Crippen LogP contribution in [0.5, 0.6) is 11.5 Å². The van der Waals surface area contributed by atoms with E-state index in [0.29, 0.717) is 12.5 Å². The van der Waals surface area contributed by atoms with Gasteiger partial charge >= 0.3 is 0 Å². The van der Waals surface area contributed by atoms with E-state index < -0.39 is 0 Å². The maximum absolute atomic E-state index is 9.44. The first kappa shape index (κ1) is 23.6. The van der Waals surface area contributed by atoms with Crippen molar-refractivity contribution in [2.24, 2.45) is 5.92 Å². The van der Waals surface area contributed by atoms with Crippen LogP contribution in [-0.2, 0) is 6.61 Å². The summed E-state index contributed by atoms with van der Waals surface area (Å²) in [5.41, 5.74) is 3.36. The molecule has 0 heterocycles. The molecule has 0 amide bonds. The number of hydrogen-bond acceptors (Lipinski definition) is 4. The van der Waals surface area contributed by atoms with Crippen molar-refractivity contribution in [3.8, 4) is 11.5 Å². The van der Waals surface area contributed by atoms with Crippen molar-refractivity contribution in [3.63, 3.8) is 0 Å². The molecule has 0 saturated carbocycles. The third kappa shape index (κ3) is 6.67. The number of aliphatic hydroxyl groups is 1. The number of nitrogens with zero attached hydrogens (tertiary/aromatic N) is 1. The van der Waals surface area contributed by atoms with E-state index in [1.54, 1.807) is 13.2 Å². The molecule has 1 aliphatic carbocycles. The van der Waals surface area contributed by atoms with Crippen molar-refractivity contribution in [2.75, 3.05) is 21.2 Å². The second-order valence-electron chi connectivity index (χ2n) is 7.59. The summed E-state index contributed by atoms with van der Waals surface area (Å²) in [6, 6.07) is 15.8. The second-order valence-corrected chi connectivity index (χ2v) is 7.59. The second kappa shape index (κ2) is 12.1. The SMILES string of the molecule is C=Cc1cccc(OC)c1OCc1ccccc1.CCC1CCC(O)C=C1N(C)C. The van der Waals surface area contributed by atoms with Crippen LogP contribution < -0.4 is 9.47 Å². The van der Waals surface area contributed by atoms with E-state index in [9.17, 15) is 5.11 Å². The molecule has 0 aliphatic heterocycles. The van der Waals surface area contributed by atoms with Crippen molar-refractivity contribution in [1.29, 1.82) is 0 Å². The molecule has 0 fully saturated rings. The number of benzene rings is 2. The zero-order valence-corrected chi connectivity index (χ0v) is 18.7. The highest BCUT2D eigenvalue weighted by molar-refractivity contribution is 5.61. The molecule has 2 aromatic carbocycles. The summed E-state index contributed by atoms with van der Waals surface area (Å²) in [5.74, 6) is 2.12. The number of allylic oxidation sites excluding steroid dienone is 1. The number of para-hydroxylation sites is 1. The molecule has 0 bridgehead atoms. The van der Waals surface area contributed by atoms with Crippen molar-refractivity contribution >= 4 is 6.08 Å². The first-order valence-corrected chi connectivity index (χ1v) is 10.5. The van der Waals surface area contributed by atoms with Crippen molar-refractivity contribution in [2.45, 2.75) is 38.9 Å². The molecule has 0 saturated heterocycles. The van der Waals surface area contributed by atoms with Crippen LogP contribution in [-0.4, -0.2) is 37.3 Å². The Kier molecular flexibility index (Phi) is 9.49. The summed E-state index contributed by atoms with van der Waals surface area (Å²) >= 11 is 0. The zero-order valence-electron chi connectivity index (χ0n) is 18.7. The van der Waals surface area contributed by atoms with E-state index in [0.717, 1.165) is 35.5 Å². The zero-order chi connectivity index (χ0) is 21.9. The van der Waals surface area contributed by atoms with Crippen LogP contribution in [0.25, 0.3) is 6.08 Å². The van der Waals surface area contributed by atoms with Gasteiger partial charge in [0.25, 0.3) is 0 Å². The molecular weight excluding hydrogens is 374 g/mol. The molecule has 2 atom stereocenters. The molecule has 1 aliphatic rings. The Labute approximate surface area is 181 Å². The standard InChI is InChI=1S/C16H16O2.C10H19NO/c1-3-14-10-7-11-15(17-2)16(14)18-12-13-8-5-4-6-9-13;1-4-8-5-6-9(12)7-10(8)11(2)3/h3-11H,1,12H2,2H3;7-9,12H,4-6H2,1-3H3. The first-order valence-electron chi connectivity index (χ1n) is 10.5. The van der Waals surface area contributed by atoms with Gasteiger partial charge in [0.05, 0.1) is 13.2 Å². The largest absolute Gasteiger partial charge is 0.493 e. The average molecular weight is 410 g/mol. The van der Waals surface area contributed by atoms with E-state index in [2.05, 4.69) is 18.4 Å². The summed E-state index contributed by atoms with van der Waals surface area (Å²) in [6.07, 6.45) is 6.78. The molecule has 0 spiro atoms. The third-order valence-electron chi connectivity index (χ3n) is 5.28. The summed E-state index contributed by atoms with van der Waals surface area (Å²) < 4.78 is 11.1. The summed E-state index contributed by atoms with van der Waals surface area (Å²) in [5, 5.41) is 9.44. The van der Waals surface area contributed by atoms with Crippen LogP contribution >= 0.6 is 0 Å². The predicted octanol–water partition coefficient (Wildman–Crippen LogP) is 5.53. The Morgan fingerprint density at radius 3 is 2.43 bits per heavy atom. The van der Waals surface area contributed by atoms with Crippen LogP contribution in [0.4, 0.5) is 0 Å². The predicted molar refractivity (Wildman–Crippen MR) is 125 cm³/mol. The molecule has 3 rings (SSSR count). The van der Waals surface area contributed by atoms with E-state index in [4.69, 9.17) is 9.47 Å². The molecular formula is C26H35NO3. The van der Waals surface area contributed by atoms with E-state index >= 15 is 0 Å². The minimum absolute atomic E-state index is 0.217. The van der Waals surface area contributed by atoms with E-state index in [1.807, 2.05) is 68.7 Å². The highest BCUT2D eigenvalue weighted by Crippen LogP contribution is 2.32. The fourth-order valence-electron chi connectivity index (χ4n) is 3.60. The first-order chi connectivity index (χ1) is 14.5. The van der Waals surface area contributed by atoms with Gasteiger partial charge in [-0.15, -0.1) is 0 Å². The van der Waals surface area contributed by atoms with Gasteiger partial charge in [-0.3, -0.25) is 0 Å². The molecule has 1 N–H and O–H groups in total. The molecule has 0 aromatic heterocycles. The lowest BCUT2D eigenvalue weighted by atomic mass is 9.88. The molecule has 4 heteroatoms. The average Bonchev–Trinajstić information content (AvgIpc) is 2.78. The monoisotopic (exact) mass is 409 g/mol. The van der Waals surface area contributed by atoms with Gasteiger partial charge < -0.3 is 19.5 Å². The highest BCUT2D eigenvalue weighted by Gasteiger charge is 2.21. The quantitative estimate of drug-likeness (QED) is 0.653. The maximum Gasteiger partial charge on any atom is 0.168 e. The number of hydrogen-bond donors (Lipinski definition) is 1. The molecule has 2 aromatic rings. The van der Waals surface area contributed by atoms with Crippen molar-refractivity contribution in [1.82, 2.24) is 4.90 Å². The van der Waals surface area contributed by atoms with Crippen molar-refractivity contribution < 1.29 is 14.6 Å². The Hall–Kier alpha value is -2.72. The summed E-state index contributed by atoms with van der Waals surface area (Å²) in [4.78, 5) is 2.12. The lowest BCUT2D eigenvalue weighted by molar-refractivity contribution is 0.179. The highest BCUT2D eigenvalue weighted by atomic mass is 16.5. The van der Waals surface area contributed by atoms with Gasteiger partial charge in [0.2, 0.25) is 0 Å². The lowest BCUT2D eigenvalue weighted by Crippen LogP contribution is -2.25. The number of aliphatic hydroxyl groups excluding tert-OH is 1. The fourth-order valence-corrected chi connectivity index (χ4v) is 3.60. The summed E-state index contributed by atoms with van der Waals surface area (Å²) in [7, 11) is 5.73. The van der Waals surface area contributed by atoms with Gasteiger partial charge in [-0.25, -0.2) is 0 Å². The van der Waals surface area contributed by atoms with Gasteiger partial charge in [-0.1, -0.05) is 62.0 Å². The van der Waals surface area contributed by atoms with Crippen molar-refractivity contribution in [3.05, 3.63) is 78.0 Å². The minimum atomic E-state index is -0.217. The molecule has 0 radical (unpaired) electrons. The maximum atomic E-state index is 9.44. The third-order valence-corrected chi connectivity index (χ3v) is 5.28. The lowest BCUT2D eigenvalue weighted by Gasteiger charge is -2.30.